The Labute approximate surface area is 91.8 Å². The van der Waals surface area contributed by atoms with Crippen LogP contribution in [0.25, 0.3) is 0 Å². The second kappa shape index (κ2) is 6.43. The molecule has 1 atom stereocenters. The molecule has 0 aromatic carbocycles. The van der Waals surface area contributed by atoms with Gasteiger partial charge in [-0.1, -0.05) is 27.7 Å². The summed E-state index contributed by atoms with van der Waals surface area (Å²) in [7, 11) is 1.45. The van der Waals surface area contributed by atoms with Gasteiger partial charge >= 0.3 is 0 Å². The van der Waals surface area contributed by atoms with Gasteiger partial charge in [0, 0.05) is 13.5 Å². The van der Waals surface area contributed by atoms with Crippen molar-refractivity contribution < 1.29 is 9.90 Å². The lowest BCUT2D eigenvalue weighted by molar-refractivity contribution is -0.222. The van der Waals surface area contributed by atoms with Gasteiger partial charge in [-0.15, -0.1) is 0 Å². The Morgan fingerprint density at radius 2 is 1.87 bits per heavy atom. The van der Waals surface area contributed by atoms with E-state index in [2.05, 4.69) is 10.3 Å². The summed E-state index contributed by atoms with van der Waals surface area (Å²) in [6.07, 6.45) is 0.445. The summed E-state index contributed by atoms with van der Waals surface area (Å²) in [6.45, 7) is 7.72. The van der Waals surface area contributed by atoms with Crippen LogP contribution in [0.3, 0.4) is 0 Å². The second-order valence-corrected chi connectivity index (χ2v) is 4.45. The SMILES string of the molecule is CN=C([O-])[C@@H](NC(=O)CC(C)C)C(C)C. The Hall–Kier alpha value is -1.06. The van der Waals surface area contributed by atoms with Crippen molar-refractivity contribution in [3.8, 4) is 0 Å². The number of carbonyl (C=O) groups is 1. The van der Waals surface area contributed by atoms with Crippen LogP contribution in [-0.4, -0.2) is 24.9 Å². The molecular weight excluding hydrogens is 192 g/mol. The van der Waals surface area contributed by atoms with E-state index in [1.54, 1.807) is 0 Å². The first kappa shape index (κ1) is 13.9. The summed E-state index contributed by atoms with van der Waals surface area (Å²) in [4.78, 5) is 15.1. The Morgan fingerprint density at radius 3 is 2.20 bits per heavy atom. The van der Waals surface area contributed by atoms with Crippen LogP contribution < -0.4 is 10.4 Å². The molecule has 0 aliphatic carbocycles. The molecule has 0 unspecified atom stereocenters. The van der Waals surface area contributed by atoms with Crippen LogP contribution in [0, 0.1) is 11.8 Å². The van der Waals surface area contributed by atoms with E-state index in [1.807, 2.05) is 27.7 Å². The Balaban J connectivity index is 4.36. The number of hydrogen-bond donors (Lipinski definition) is 1. The highest BCUT2D eigenvalue weighted by molar-refractivity contribution is 5.85. The van der Waals surface area contributed by atoms with Crippen molar-refractivity contribution in [2.24, 2.45) is 16.8 Å². The minimum absolute atomic E-state index is 0.0670. The van der Waals surface area contributed by atoms with Crippen LogP contribution in [0.4, 0.5) is 0 Å². The predicted octanol–water partition coefficient (Wildman–Crippen LogP) is 0.562. The standard InChI is InChI=1S/C11H22N2O2/c1-7(2)6-9(14)13-10(8(3)4)11(15)12-5/h7-8,10H,6H2,1-5H3,(H,12,15)(H,13,14)/p-1/t10-/m0/s1. The molecule has 4 heteroatoms. The number of aliphatic imine (C=N–C) groups is 1. The predicted molar refractivity (Wildman–Crippen MR) is 59.6 cm³/mol. The third-order valence-corrected chi connectivity index (χ3v) is 2.06. The molecule has 1 amide bonds. The fourth-order valence-corrected chi connectivity index (χ4v) is 1.26. The largest absolute Gasteiger partial charge is 0.861 e. The average Bonchev–Trinajstić information content (AvgIpc) is 2.11. The van der Waals surface area contributed by atoms with Gasteiger partial charge in [0.1, 0.15) is 0 Å². The fourth-order valence-electron chi connectivity index (χ4n) is 1.26. The van der Waals surface area contributed by atoms with Crippen LogP contribution >= 0.6 is 0 Å². The molecule has 0 aliphatic heterocycles. The van der Waals surface area contributed by atoms with Gasteiger partial charge in [-0.25, -0.2) is 0 Å². The summed E-state index contributed by atoms with van der Waals surface area (Å²) in [6, 6.07) is -0.485. The smallest absolute Gasteiger partial charge is 0.220 e. The first-order chi connectivity index (χ1) is 6.88. The molecule has 0 saturated heterocycles. The van der Waals surface area contributed by atoms with Crippen LogP contribution in [0.2, 0.25) is 0 Å². The molecule has 15 heavy (non-hydrogen) atoms. The maximum Gasteiger partial charge on any atom is 0.220 e. The van der Waals surface area contributed by atoms with Gasteiger partial charge in [0.2, 0.25) is 5.91 Å². The van der Waals surface area contributed by atoms with Crippen molar-refractivity contribution in [2.45, 2.75) is 40.2 Å². The Kier molecular flexibility index (Phi) is 5.97. The van der Waals surface area contributed by atoms with Crippen LogP contribution in [0.5, 0.6) is 0 Å². The van der Waals surface area contributed by atoms with E-state index in [0.717, 1.165) is 0 Å². The van der Waals surface area contributed by atoms with Crippen molar-refractivity contribution in [1.82, 2.24) is 5.32 Å². The molecule has 4 nitrogen and oxygen atoms in total. The number of rotatable bonds is 5. The minimum Gasteiger partial charge on any atom is -0.861 e. The minimum atomic E-state index is -0.485. The lowest BCUT2D eigenvalue weighted by Crippen LogP contribution is -2.49. The second-order valence-electron chi connectivity index (χ2n) is 4.45. The third-order valence-electron chi connectivity index (χ3n) is 2.06. The molecule has 0 rings (SSSR count). The summed E-state index contributed by atoms with van der Waals surface area (Å²) in [5, 5.41) is 14.1. The molecule has 0 aromatic heterocycles. The number of hydrogen-bond acceptors (Lipinski definition) is 3. The normalized spacial score (nSPS) is 14.5. The number of amides is 1. The summed E-state index contributed by atoms with van der Waals surface area (Å²) >= 11 is 0. The first-order valence-electron chi connectivity index (χ1n) is 5.31. The zero-order chi connectivity index (χ0) is 12.0. The monoisotopic (exact) mass is 213 g/mol. The lowest BCUT2D eigenvalue weighted by atomic mass is 10.0. The molecule has 88 valence electrons. The van der Waals surface area contributed by atoms with E-state index in [1.165, 1.54) is 7.05 Å². The van der Waals surface area contributed by atoms with Crippen molar-refractivity contribution in [1.29, 1.82) is 0 Å². The van der Waals surface area contributed by atoms with Gasteiger partial charge in [0.05, 0.1) is 6.04 Å². The maximum atomic E-state index is 11.5. The molecule has 1 N–H and O–H groups in total. The van der Waals surface area contributed by atoms with E-state index in [4.69, 9.17) is 0 Å². The van der Waals surface area contributed by atoms with Crippen LogP contribution in [0.15, 0.2) is 4.99 Å². The number of nitrogens with zero attached hydrogens (tertiary/aromatic N) is 1. The molecule has 0 heterocycles. The van der Waals surface area contributed by atoms with E-state index in [0.29, 0.717) is 12.3 Å². The zero-order valence-corrected chi connectivity index (χ0v) is 10.2. The lowest BCUT2D eigenvalue weighted by Gasteiger charge is -2.27. The third kappa shape index (κ3) is 5.40. The molecule has 0 aliphatic rings. The summed E-state index contributed by atoms with van der Waals surface area (Å²) in [5.74, 6) is 0.0200. The van der Waals surface area contributed by atoms with Gasteiger partial charge in [0.25, 0.3) is 0 Å². The highest BCUT2D eigenvalue weighted by Gasteiger charge is 2.16. The van der Waals surface area contributed by atoms with Crippen molar-refractivity contribution in [3.05, 3.63) is 0 Å². The molecule has 0 saturated carbocycles. The van der Waals surface area contributed by atoms with Crippen LogP contribution in [-0.2, 0) is 4.79 Å². The molecule has 0 radical (unpaired) electrons. The van der Waals surface area contributed by atoms with Crippen molar-refractivity contribution in [3.63, 3.8) is 0 Å². The van der Waals surface area contributed by atoms with E-state index in [-0.39, 0.29) is 17.7 Å². The quantitative estimate of drug-likeness (QED) is 0.536. The molecule has 0 aromatic rings. The Morgan fingerprint density at radius 1 is 1.33 bits per heavy atom. The molecule has 0 fully saturated rings. The van der Waals surface area contributed by atoms with Crippen molar-refractivity contribution >= 4 is 11.8 Å². The van der Waals surface area contributed by atoms with E-state index >= 15 is 0 Å². The molecular formula is C11H21N2O2-. The van der Waals surface area contributed by atoms with Gasteiger partial charge in [-0.3, -0.25) is 4.79 Å². The molecule has 0 spiro atoms. The van der Waals surface area contributed by atoms with Crippen molar-refractivity contribution in [2.75, 3.05) is 7.05 Å². The highest BCUT2D eigenvalue weighted by atomic mass is 16.3. The summed E-state index contributed by atoms with van der Waals surface area (Å²) in [5.41, 5.74) is 0. The van der Waals surface area contributed by atoms with Gasteiger partial charge in [0.15, 0.2) is 0 Å². The molecule has 0 bridgehead atoms. The topological polar surface area (TPSA) is 64.5 Å². The Bertz CT molecular complexity index is 235. The van der Waals surface area contributed by atoms with E-state index in [9.17, 15) is 9.90 Å². The van der Waals surface area contributed by atoms with Crippen LogP contribution in [0.1, 0.15) is 34.1 Å². The number of carbonyl (C=O) groups excluding carboxylic acids is 1. The fraction of sp³-hybridized carbons (Fsp3) is 0.818. The maximum absolute atomic E-state index is 11.5. The van der Waals surface area contributed by atoms with Gasteiger partial charge in [-0.05, 0) is 17.7 Å². The average molecular weight is 213 g/mol. The van der Waals surface area contributed by atoms with Gasteiger partial charge in [-0.2, -0.15) is 0 Å². The first-order valence-corrected chi connectivity index (χ1v) is 5.31. The summed E-state index contributed by atoms with van der Waals surface area (Å²) < 4.78 is 0. The highest BCUT2D eigenvalue weighted by Crippen LogP contribution is 2.04. The number of nitrogens with one attached hydrogen (secondary N) is 1. The zero-order valence-electron chi connectivity index (χ0n) is 10.2. The van der Waals surface area contributed by atoms with E-state index < -0.39 is 6.04 Å². The van der Waals surface area contributed by atoms with Gasteiger partial charge < -0.3 is 15.4 Å².